The van der Waals surface area contributed by atoms with Gasteiger partial charge in [0.25, 0.3) is 0 Å². The Balaban J connectivity index is 0.00000448. The van der Waals surface area contributed by atoms with Crippen LogP contribution in [-0.2, 0) is 20.8 Å². The number of nitrogens with one attached hydrogen (secondary N) is 1. The van der Waals surface area contributed by atoms with Crippen LogP contribution in [0.25, 0.3) is 0 Å². The maximum Gasteiger partial charge on any atom is 1.00 e. The number of aromatic nitrogens is 1. The Morgan fingerprint density at radius 2 is 0.902 bits per heavy atom. The Morgan fingerprint density at radius 3 is 1.24 bits per heavy atom. The summed E-state index contributed by atoms with van der Waals surface area (Å²) in [4.78, 5) is 24.1. The molecule has 0 bridgehead atoms. The number of carbonyl (C=O) groups excluding carboxylic acids is 1. The van der Waals surface area contributed by atoms with Gasteiger partial charge in [-0.3, -0.25) is 0 Å². The summed E-state index contributed by atoms with van der Waals surface area (Å²) in [6.07, 6.45) is 0. The van der Waals surface area contributed by atoms with Gasteiger partial charge in [-0.1, -0.05) is 187 Å². The summed E-state index contributed by atoms with van der Waals surface area (Å²) in [6.45, 7) is 0. The molecule has 0 amide bonds. The van der Waals surface area contributed by atoms with Gasteiger partial charge in [0.15, 0.2) is 10.8 Å². The van der Waals surface area contributed by atoms with E-state index in [4.69, 9.17) is 9.82 Å². The first-order chi connectivity index (χ1) is 24.6. The van der Waals surface area contributed by atoms with Crippen LogP contribution in [0.2, 0.25) is 0 Å². The molecule has 0 radical (unpaired) electrons. The van der Waals surface area contributed by atoms with E-state index in [1.807, 2.05) is 146 Å². The predicted molar refractivity (Wildman–Crippen MR) is 197 cm³/mol. The number of rotatable bonds is 12. The maximum atomic E-state index is 12.8. The molecule has 1 heterocycles. The van der Waals surface area contributed by atoms with Crippen molar-refractivity contribution < 1.29 is 44.3 Å². The van der Waals surface area contributed by atoms with E-state index in [2.05, 4.69) is 46.9 Å². The number of thiazole rings is 1. The number of oxime groups is 1. The van der Waals surface area contributed by atoms with Gasteiger partial charge < -0.3 is 20.1 Å². The first-order valence-corrected chi connectivity index (χ1v) is 17.0. The minimum Gasteiger partial charge on any atom is -0.543 e. The molecule has 51 heavy (non-hydrogen) atoms. The molecule has 0 atom stereocenters. The van der Waals surface area contributed by atoms with Crippen LogP contribution in [0.4, 0.5) is 5.13 Å². The average Bonchev–Trinajstić information content (AvgIpc) is 3.65. The van der Waals surface area contributed by atoms with Crippen LogP contribution in [0.1, 0.15) is 39.1 Å². The molecule has 7 rings (SSSR count). The molecular weight excluding hydrogens is 662 g/mol. The van der Waals surface area contributed by atoms with Crippen molar-refractivity contribution in [1.82, 2.24) is 4.98 Å². The zero-order valence-corrected chi connectivity index (χ0v) is 30.7. The Bertz CT molecular complexity index is 1990. The number of carboxylic acids is 1. The number of aliphatic carboxylic acids is 1. The van der Waals surface area contributed by atoms with Gasteiger partial charge in [-0.15, -0.1) is 11.3 Å². The fourth-order valence-electron chi connectivity index (χ4n) is 6.36. The molecule has 0 aliphatic carbocycles. The second-order valence-electron chi connectivity index (χ2n) is 11.6. The molecule has 6 nitrogen and oxygen atoms in total. The van der Waals surface area contributed by atoms with E-state index in [1.54, 1.807) is 5.38 Å². The average molecular weight is 694 g/mol. The summed E-state index contributed by atoms with van der Waals surface area (Å²) in [7, 11) is 0. The van der Waals surface area contributed by atoms with Crippen molar-refractivity contribution in [3.05, 3.63) is 226 Å². The van der Waals surface area contributed by atoms with Crippen molar-refractivity contribution in [2.24, 2.45) is 5.16 Å². The van der Waals surface area contributed by atoms with Gasteiger partial charge in [-0.25, -0.2) is 4.98 Å². The van der Waals surface area contributed by atoms with Crippen LogP contribution in [0.5, 0.6) is 0 Å². The first-order valence-electron chi connectivity index (χ1n) is 16.2. The second-order valence-corrected chi connectivity index (χ2v) is 12.5. The molecule has 0 saturated carbocycles. The number of carboxylic acid groups (broad SMARTS) is 1. The van der Waals surface area contributed by atoms with Crippen LogP contribution in [0, 0.1) is 0 Å². The molecule has 0 aliphatic rings. The molecule has 0 aliphatic heterocycles. The number of carbonyl (C=O) groups is 1. The van der Waals surface area contributed by atoms with E-state index in [-0.39, 0.29) is 35.3 Å². The van der Waals surface area contributed by atoms with Crippen molar-refractivity contribution in [2.45, 2.75) is 11.1 Å². The van der Waals surface area contributed by atoms with Crippen LogP contribution in [-0.4, -0.2) is 16.7 Å². The van der Waals surface area contributed by atoms with Crippen molar-refractivity contribution in [1.29, 1.82) is 0 Å². The molecule has 0 unspecified atom stereocenters. The third-order valence-corrected chi connectivity index (χ3v) is 9.43. The second kappa shape index (κ2) is 16.1. The molecule has 0 spiro atoms. The normalized spacial score (nSPS) is 11.6. The molecule has 1 N–H and O–H groups in total. The standard InChI is InChI=1S/C43H33N3O3S.Na/c47-40(48)39(46-49-43(35-25-13-4-14-26-35,36-27-15-5-16-28-36)37-29-17-6-18-30-37)38-31-50-41(44-38)45-42(32-19-7-1-8-20-32,33-21-9-2-10-22-33)34-23-11-3-12-24-34;/h1-31H,(H,44,45)(H,47,48);/q;+1/p-1/b46-39-;. The number of hydrogen-bond donors (Lipinski definition) is 1. The van der Waals surface area contributed by atoms with E-state index in [9.17, 15) is 9.90 Å². The summed E-state index contributed by atoms with van der Waals surface area (Å²) in [5.41, 5.74) is 2.87. The topological polar surface area (TPSA) is 86.6 Å². The SMILES string of the molecule is O=C([O-])/C(=N\OC(c1ccccc1)(c1ccccc1)c1ccccc1)c1csc(NC(c2ccccc2)(c2ccccc2)c2ccccc2)n1.[Na+]. The molecule has 7 aromatic rings. The third kappa shape index (κ3) is 7.16. The van der Waals surface area contributed by atoms with E-state index in [0.717, 1.165) is 33.4 Å². The molecule has 0 saturated heterocycles. The van der Waals surface area contributed by atoms with Gasteiger partial charge >= 0.3 is 29.6 Å². The Morgan fingerprint density at radius 1 is 0.569 bits per heavy atom. The summed E-state index contributed by atoms with van der Waals surface area (Å²) < 4.78 is 0. The predicted octanol–water partition coefficient (Wildman–Crippen LogP) is 5.01. The molecule has 6 aromatic carbocycles. The van der Waals surface area contributed by atoms with Gasteiger partial charge in [0, 0.05) is 22.1 Å². The molecule has 1 aromatic heterocycles. The van der Waals surface area contributed by atoms with E-state index in [0.29, 0.717) is 5.13 Å². The first kappa shape index (κ1) is 35.5. The van der Waals surface area contributed by atoms with Crippen LogP contribution < -0.4 is 40.0 Å². The van der Waals surface area contributed by atoms with Crippen molar-refractivity contribution in [3.63, 3.8) is 0 Å². The van der Waals surface area contributed by atoms with Gasteiger partial charge in [-0.2, -0.15) is 0 Å². The summed E-state index contributed by atoms with van der Waals surface area (Å²) in [6, 6.07) is 59.3. The van der Waals surface area contributed by atoms with Crippen molar-refractivity contribution in [2.75, 3.05) is 5.32 Å². The van der Waals surface area contributed by atoms with Gasteiger partial charge in [-0.05, 0) is 16.7 Å². The smallest absolute Gasteiger partial charge is 0.543 e. The molecular formula is C43H32N3NaO3S. The molecule has 244 valence electrons. The Kier molecular flexibility index (Phi) is 11.2. The summed E-state index contributed by atoms with van der Waals surface area (Å²) >= 11 is 1.28. The van der Waals surface area contributed by atoms with Crippen LogP contribution in [0.15, 0.2) is 193 Å². The fourth-order valence-corrected chi connectivity index (χ4v) is 7.11. The summed E-state index contributed by atoms with van der Waals surface area (Å²) in [5, 5.41) is 23.0. The third-order valence-electron chi connectivity index (χ3n) is 8.67. The Hall–Kier alpha value is -5.31. The van der Waals surface area contributed by atoms with E-state index >= 15 is 0 Å². The number of benzene rings is 6. The van der Waals surface area contributed by atoms with Crippen LogP contribution >= 0.6 is 11.3 Å². The minimum atomic E-state index is -1.51. The number of nitrogens with zero attached hydrogens (tertiary/aromatic N) is 2. The van der Waals surface area contributed by atoms with E-state index < -0.39 is 22.8 Å². The largest absolute Gasteiger partial charge is 1.00 e. The number of anilines is 1. The maximum absolute atomic E-state index is 12.8. The van der Waals surface area contributed by atoms with Gasteiger partial charge in [0.05, 0.1) is 5.97 Å². The monoisotopic (exact) mass is 693 g/mol. The quantitative estimate of drug-likeness (QED) is 0.0842. The van der Waals surface area contributed by atoms with Crippen molar-refractivity contribution >= 4 is 28.1 Å². The Labute approximate surface area is 323 Å². The van der Waals surface area contributed by atoms with Gasteiger partial charge in [0.2, 0.25) is 5.60 Å². The molecule has 0 fully saturated rings. The summed E-state index contributed by atoms with van der Waals surface area (Å²) in [5.74, 6) is -1.51. The molecule has 8 heteroatoms. The van der Waals surface area contributed by atoms with E-state index in [1.165, 1.54) is 11.3 Å². The van der Waals surface area contributed by atoms with Crippen LogP contribution in [0.3, 0.4) is 0 Å². The van der Waals surface area contributed by atoms with Crippen molar-refractivity contribution in [3.8, 4) is 0 Å². The van der Waals surface area contributed by atoms with Gasteiger partial charge in [0.1, 0.15) is 11.2 Å². The fraction of sp³-hybridized carbons (Fsp3) is 0.0465. The zero-order chi connectivity index (χ0) is 34.2. The zero-order valence-electron chi connectivity index (χ0n) is 27.9. The number of hydrogen-bond acceptors (Lipinski definition) is 7. The minimum absolute atomic E-state index is 0.